The van der Waals surface area contributed by atoms with E-state index in [0.717, 1.165) is 38.6 Å². The molecular formula is C22H35NO2. The van der Waals surface area contributed by atoms with Crippen molar-refractivity contribution < 1.29 is 9.90 Å². The number of nitrogens with zero attached hydrogens (tertiary/aromatic N) is 1. The molecule has 1 aliphatic heterocycles. The smallest absolute Gasteiger partial charge is 0.222 e. The van der Waals surface area contributed by atoms with Gasteiger partial charge in [0.1, 0.15) is 0 Å². The van der Waals surface area contributed by atoms with Crippen LogP contribution in [0.25, 0.3) is 0 Å². The Hall–Kier alpha value is -1.35. The molecule has 1 fully saturated rings. The summed E-state index contributed by atoms with van der Waals surface area (Å²) in [6.07, 6.45) is 11.1. The van der Waals surface area contributed by atoms with Crippen molar-refractivity contribution in [3.8, 4) is 0 Å². The average Bonchev–Trinajstić information content (AvgIpc) is 2.62. The number of hydrogen-bond donors (Lipinski definition) is 1. The second-order valence-electron chi connectivity index (χ2n) is 7.47. The number of carbonyl (C=O) groups excluding carboxylic acids is 1. The largest absolute Gasteiger partial charge is 0.393 e. The molecule has 1 amide bonds. The van der Waals surface area contributed by atoms with Gasteiger partial charge in [-0.25, -0.2) is 0 Å². The normalized spacial score (nSPS) is 19.2. The van der Waals surface area contributed by atoms with E-state index in [0.29, 0.717) is 24.8 Å². The summed E-state index contributed by atoms with van der Waals surface area (Å²) in [4.78, 5) is 14.4. The molecule has 1 aliphatic rings. The van der Waals surface area contributed by atoms with E-state index in [1.54, 1.807) is 0 Å². The van der Waals surface area contributed by atoms with Crippen LogP contribution in [0.2, 0.25) is 0 Å². The lowest BCUT2D eigenvalue weighted by molar-refractivity contribution is -0.136. The van der Waals surface area contributed by atoms with Gasteiger partial charge in [-0.1, -0.05) is 62.9 Å². The maximum absolute atomic E-state index is 12.3. The van der Waals surface area contributed by atoms with E-state index in [2.05, 4.69) is 24.0 Å². The topological polar surface area (TPSA) is 40.5 Å². The second-order valence-corrected chi connectivity index (χ2v) is 7.47. The van der Waals surface area contributed by atoms with Crippen LogP contribution < -0.4 is 0 Å². The van der Waals surface area contributed by atoms with Crippen LogP contribution in [-0.2, 0) is 11.2 Å². The minimum absolute atomic E-state index is 0.314. The van der Waals surface area contributed by atoms with Gasteiger partial charge in [0.2, 0.25) is 5.91 Å². The molecule has 1 N–H and O–H groups in total. The Morgan fingerprint density at radius 2 is 1.92 bits per heavy atom. The van der Waals surface area contributed by atoms with Crippen molar-refractivity contribution in [3.63, 3.8) is 0 Å². The molecule has 0 bridgehead atoms. The lowest BCUT2D eigenvalue weighted by atomic mass is 9.94. The summed E-state index contributed by atoms with van der Waals surface area (Å²) in [5, 5.41) is 10.4. The minimum Gasteiger partial charge on any atom is -0.393 e. The molecule has 2 atom stereocenters. The summed E-state index contributed by atoms with van der Waals surface area (Å²) in [5.41, 5.74) is 1.18. The van der Waals surface area contributed by atoms with E-state index >= 15 is 0 Å². The van der Waals surface area contributed by atoms with Crippen molar-refractivity contribution in [2.45, 2.75) is 89.7 Å². The first-order valence-corrected chi connectivity index (χ1v) is 10.2. The van der Waals surface area contributed by atoms with Gasteiger partial charge in [-0.3, -0.25) is 4.79 Å². The van der Waals surface area contributed by atoms with Crippen LogP contribution in [0.15, 0.2) is 30.3 Å². The Morgan fingerprint density at radius 1 is 1.16 bits per heavy atom. The fourth-order valence-corrected chi connectivity index (χ4v) is 3.86. The Kier molecular flexibility index (Phi) is 9.03. The molecule has 0 aromatic heterocycles. The lowest BCUT2D eigenvalue weighted by Gasteiger charge is -2.36. The van der Waals surface area contributed by atoms with Crippen LogP contribution >= 0.6 is 0 Å². The number of carbonyl (C=O) groups is 1. The van der Waals surface area contributed by atoms with Crippen molar-refractivity contribution in [1.82, 2.24) is 4.90 Å². The van der Waals surface area contributed by atoms with Crippen LogP contribution in [0.4, 0.5) is 0 Å². The number of amides is 1. The van der Waals surface area contributed by atoms with Crippen LogP contribution in [0.3, 0.4) is 0 Å². The van der Waals surface area contributed by atoms with Gasteiger partial charge in [-0.15, -0.1) is 0 Å². The fourth-order valence-electron chi connectivity index (χ4n) is 3.86. The molecule has 3 heteroatoms. The molecule has 0 aliphatic carbocycles. The van der Waals surface area contributed by atoms with E-state index in [4.69, 9.17) is 0 Å². The maximum atomic E-state index is 12.3. The molecule has 1 aromatic rings. The molecule has 1 aromatic carbocycles. The molecule has 0 radical (unpaired) electrons. The lowest BCUT2D eigenvalue weighted by Crippen LogP contribution is -2.44. The number of benzene rings is 1. The molecule has 0 saturated carbocycles. The van der Waals surface area contributed by atoms with E-state index in [1.807, 2.05) is 18.2 Å². The Bertz CT molecular complexity index is 488. The highest BCUT2D eigenvalue weighted by atomic mass is 16.3. The summed E-state index contributed by atoms with van der Waals surface area (Å²) in [5.74, 6) is 0.323. The standard InChI is InChI=1S/C22H35NO2/c1-2-3-4-5-9-17-23-20(13-10-14-22(23)25)15-16-21(24)18-19-11-7-6-8-12-19/h6-8,11-12,20-21,24H,2-5,9-10,13-18H2,1H3/t20-,21?/m1/s1. The van der Waals surface area contributed by atoms with E-state index < -0.39 is 0 Å². The van der Waals surface area contributed by atoms with E-state index in [9.17, 15) is 9.90 Å². The predicted molar refractivity (Wildman–Crippen MR) is 103 cm³/mol. The van der Waals surface area contributed by atoms with Crippen LogP contribution in [0, 0.1) is 0 Å². The van der Waals surface area contributed by atoms with Crippen molar-refractivity contribution in [3.05, 3.63) is 35.9 Å². The monoisotopic (exact) mass is 345 g/mol. The number of hydrogen-bond acceptors (Lipinski definition) is 2. The highest BCUT2D eigenvalue weighted by molar-refractivity contribution is 5.77. The van der Waals surface area contributed by atoms with Crippen molar-refractivity contribution in [2.24, 2.45) is 0 Å². The van der Waals surface area contributed by atoms with Gasteiger partial charge in [-0.2, -0.15) is 0 Å². The highest BCUT2D eigenvalue weighted by Gasteiger charge is 2.27. The molecule has 1 heterocycles. The highest BCUT2D eigenvalue weighted by Crippen LogP contribution is 2.24. The Balaban J connectivity index is 1.75. The van der Waals surface area contributed by atoms with Gasteiger partial charge in [0.05, 0.1) is 6.10 Å². The van der Waals surface area contributed by atoms with Gasteiger partial charge in [0, 0.05) is 19.0 Å². The number of likely N-dealkylation sites (tertiary alicyclic amines) is 1. The zero-order chi connectivity index (χ0) is 17.9. The molecule has 1 unspecified atom stereocenters. The zero-order valence-corrected chi connectivity index (χ0v) is 15.8. The first-order chi connectivity index (χ1) is 12.2. The summed E-state index contributed by atoms with van der Waals surface area (Å²) in [7, 11) is 0. The summed E-state index contributed by atoms with van der Waals surface area (Å²) < 4.78 is 0. The van der Waals surface area contributed by atoms with Crippen molar-refractivity contribution in [1.29, 1.82) is 0 Å². The van der Waals surface area contributed by atoms with E-state index in [-0.39, 0.29) is 6.10 Å². The third-order valence-corrected chi connectivity index (χ3v) is 5.34. The van der Waals surface area contributed by atoms with Gasteiger partial charge in [0.15, 0.2) is 0 Å². The number of aliphatic hydroxyl groups excluding tert-OH is 1. The van der Waals surface area contributed by atoms with Crippen LogP contribution in [0.5, 0.6) is 0 Å². The van der Waals surface area contributed by atoms with Crippen LogP contribution in [-0.4, -0.2) is 34.6 Å². The third-order valence-electron chi connectivity index (χ3n) is 5.34. The number of unbranched alkanes of at least 4 members (excludes halogenated alkanes) is 4. The van der Waals surface area contributed by atoms with Crippen molar-refractivity contribution in [2.75, 3.05) is 6.54 Å². The average molecular weight is 346 g/mol. The van der Waals surface area contributed by atoms with Crippen LogP contribution in [0.1, 0.15) is 76.7 Å². The van der Waals surface area contributed by atoms with Gasteiger partial charge in [-0.05, 0) is 44.1 Å². The van der Waals surface area contributed by atoms with Gasteiger partial charge >= 0.3 is 0 Å². The number of piperidine rings is 1. The summed E-state index contributed by atoms with van der Waals surface area (Å²) in [6, 6.07) is 10.5. The molecule has 1 saturated heterocycles. The summed E-state index contributed by atoms with van der Waals surface area (Å²) in [6.45, 7) is 3.13. The SMILES string of the molecule is CCCCCCCN1C(=O)CCC[C@@H]1CCC(O)Cc1ccccc1. The number of aliphatic hydroxyl groups is 1. The second kappa shape index (κ2) is 11.3. The molecule has 0 spiro atoms. The first kappa shape index (κ1) is 20.0. The molecular weight excluding hydrogens is 310 g/mol. The first-order valence-electron chi connectivity index (χ1n) is 10.2. The van der Waals surface area contributed by atoms with Gasteiger partial charge in [0.25, 0.3) is 0 Å². The molecule has 3 nitrogen and oxygen atoms in total. The Labute approximate surface area is 153 Å². The molecule has 2 rings (SSSR count). The zero-order valence-electron chi connectivity index (χ0n) is 15.8. The fraction of sp³-hybridized carbons (Fsp3) is 0.682. The van der Waals surface area contributed by atoms with Crippen molar-refractivity contribution >= 4 is 5.91 Å². The third kappa shape index (κ3) is 7.19. The Morgan fingerprint density at radius 3 is 2.68 bits per heavy atom. The predicted octanol–water partition coefficient (Wildman–Crippen LogP) is 4.72. The summed E-state index contributed by atoms with van der Waals surface area (Å²) >= 11 is 0. The molecule has 25 heavy (non-hydrogen) atoms. The quantitative estimate of drug-likeness (QED) is 0.589. The molecule has 140 valence electrons. The maximum Gasteiger partial charge on any atom is 0.222 e. The van der Waals surface area contributed by atoms with Gasteiger partial charge < -0.3 is 10.0 Å². The number of rotatable bonds is 11. The van der Waals surface area contributed by atoms with E-state index in [1.165, 1.54) is 31.2 Å². The minimum atomic E-state index is -0.314.